The monoisotopic (exact) mass is 434 g/mol. The number of benzene rings is 2. The number of amides is 1. The normalized spacial score (nSPS) is 26.7. The van der Waals surface area contributed by atoms with Crippen LogP contribution < -0.4 is 10.2 Å². The van der Waals surface area contributed by atoms with Gasteiger partial charge in [-0.05, 0) is 25.1 Å². The van der Waals surface area contributed by atoms with Gasteiger partial charge in [0.05, 0.1) is 0 Å². The molecule has 1 N–H and O–H groups in total. The number of aryl methyl sites for hydroxylation is 1. The Kier molecular flexibility index (Phi) is 3.93. The Balaban J connectivity index is 1.82. The van der Waals surface area contributed by atoms with Gasteiger partial charge in [0.25, 0.3) is 11.7 Å². The summed E-state index contributed by atoms with van der Waals surface area (Å²) in [4.78, 5) is 42.8. The molecule has 1 amide bonds. The Morgan fingerprint density at radius 1 is 0.875 bits per heavy atom. The largest absolute Gasteiger partial charge is 0.422 e. The van der Waals surface area contributed by atoms with Crippen molar-refractivity contribution in [2.75, 3.05) is 16.8 Å². The van der Waals surface area contributed by atoms with Gasteiger partial charge in [0.15, 0.2) is 11.0 Å². The van der Waals surface area contributed by atoms with Crippen LogP contribution in [0.15, 0.2) is 48.5 Å². The van der Waals surface area contributed by atoms with Gasteiger partial charge in [-0.2, -0.15) is 0 Å². The average molecular weight is 434 g/mol. The van der Waals surface area contributed by atoms with Crippen LogP contribution in [0, 0.1) is 17.8 Å². The van der Waals surface area contributed by atoms with Crippen LogP contribution in [-0.4, -0.2) is 30.2 Å². The standard InChI is InChI=1S/C25H26N2O5/c1-15-10-12-16(13-11-15)27-14-24(20(29)31-23(4,5)32-21(24)30)22(2,3)25(27)17-8-6-7-9-18(17)26-19(25)28/h6-13H,14H2,1-5H3,(H,26,28). The summed E-state index contributed by atoms with van der Waals surface area (Å²) in [6.07, 6.45) is 0. The highest BCUT2D eigenvalue weighted by Crippen LogP contribution is 2.66. The molecule has 2 fully saturated rings. The molecule has 32 heavy (non-hydrogen) atoms. The third kappa shape index (κ3) is 2.23. The minimum atomic E-state index is -1.69. The van der Waals surface area contributed by atoms with Crippen LogP contribution in [0.4, 0.5) is 11.4 Å². The summed E-state index contributed by atoms with van der Waals surface area (Å²) >= 11 is 0. The Bertz CT molecular complexity index is 1150. The van der Waals surface area contributed by atoms with Crippen molar-refractivity contribution in [3.05, 3.63) is 59.7 Å². The van der Waals surface area contributed by atoms with Crippen LogP contribution in [0.2, 0.25) is 0 Å². The van der Waals surface area contributed by atoms with E-state index in [2.05, 4.69) is 5.32 Å². The van der Waals surface area contributed by atoms with Crippen molar-refractivity contribution in [1.29, 1.82) is 0 Å². The van der Waals surface area contributed by atoms with Crippen LogP contribution in [-0.2, 0) is 29.4 Å². The summed E-state index contributed by atoms with van der Waals surface area (Å²) in [5.74, 6) is -2.99. The first kappa shape index (κ1) is 20.5. The molecule has 3 aliphatic rings. The zero-order valence-corrected chi connectivity index (χ0v) is 18.8. The van der Waals surface area contributed by atoms with Crippen molar-refractivity contribution in [3.8, 4) is 0 Å². The third-order valence-electron chi connectivity index (χ3n) is 7.38. The molecule has 2 aromatic rings. The number of cyclic esters (lactones) is 2. The summed E-state index contributed by atoms with van der Waals surface area (Å²) in [6.45, 7) is 8.56. The van der Waals surface area contributed by atoms with Crippen LogP contribution in [0.25, 0.3) is 0 Å². The van der Waals surface area contributed by atoms with E-state index in [0.29, 0.717) is 5.69 Å². The third-order valence-corrected chi connectivity index (χ3v) is 7.38. The molecule has 5 rings (SSSR count). The van der Waals surface area contributed by atoms with Gasteiger partial charge in [-0.25, -0.2) is 0 Å². The van der Waals surface area contributed by atoms with Crippen molar-refractivity contribution in [3.63, 3.8) is 0 Å². The Hall–Kier alpha value is -3.35. The molecule has 0 saturated carbocycles. The first-order valence-electron chi connectivity index (χ1n) is 10.7. The van der Waals surface area contributed by atoms with E-state index in [0.717, 1.165) is 16.8 Å². The van der Waals surface area contributed by atoms with Gasteiger partial charge in [-0.15, -0.1) is 0 Å². The average Bonchev–Trinajstić information content (AvgIpc) is 3.12. The van der Waals surface area contributed by atoms with Crippen molar-refractivity contribution in [1.82, 2.24) is 0 Å². The van der Waals surface area contributed by atoms with Crippen molar-refractivity contribution >= 4 is 29.2 Å². The molecule has 0 radical (unpaired) electrons. The predicted octanol–water partition coefficient (Wildman–Crippen LogP) is 3.51. The summed E-state index contributed by atoms with van der Waals surface area (Å²) < 4.78 is 11.2. The highest BCUT2D eigenvalue weighted by molar-refractivity contribution is 6.14. The molecular formula is C25H26N2O5. The second kappa shape index (κ2) is 6.12. The number of carbonyl (C=O) groups is 3. The maximum Gasteiger partial charge on any atom is 0.329 e. The number of hydrogen-bond donors (Lipinski definition) is 1. The fourth-order valence-corrected chi connectivity index (χ4v) is 5.70. The molecule has 7 heteroatoms. The fraction of sp³-hybridized carbons (Fsp3) is 0.400. The number of anilines is 2. The topological polar surface area (TPSA) is 84.9 Å². The summed E-state index contributed by atoms with van der Waals surface area (Å²) in [7, 11) is 0. The van der Waals surface area contributed by atoms with Gasteiger partial charge >= 0.3 is 11.9 Å². The van der Waals surface area contributed by atoms with Crippen LogP contribution >= 0.6 is 0 Å². The lowest BCUT2D eigenvalue weighted by atomic mass is 9.57. The van der Waals surface area contributed by atoms with Gasteiger partial charge in [0.2, 0.25) is 0 Å². The number of fused-ring (bicyclic) bond motifs is 2. The zero-order valence-electron chi connectivity index (χ0n) is 18.8. The number of rotatable bonds is 1. The predicted molar refractivity (Wildman–Crippen MR) is 118 cm³/mol. The van der Waals surface area contributed by atoms with Crippen molar-refractivity contribution < 1.29 is 23.9 Å². The first-order valence-corrected chi connectivity index (χ1v) is 10.7. The van der Waals surface area contributed by atoms with E-state index < -0.39 is 34.1 Å². The number of esters is 2. The smallest absolute Gasteiger partial charge is 0.329 e. The molecule has 2 saturated heterocycles. The minimum absolute atomic E-state index is 0.0431. The van der Waals surface area contributed by atoms with E-state index in [4.69, 9.17) is 9.47 Å². The molecular weight excluding hydrogens is 408 g/mol. The van der Waals surface area contributed by atoms with Crippen LogP contribution in [0.5, 0.6) is 0 Å². The molecule has 3 heterocycles. The molecule has 2 aromatic carbocycles. The minimum Gasteiger partial charge on any atom is -0.422 e. The van der Waals surface area contributed by atoms with Gasteiger partial charge in [0.1, 0.15) is 0 Å². The molecule has 7 nitrogen and oxygen atoms in total. The highest BCUT2D eigenvalue weighted by Gasteiger charge is 2.80. The summed E-state index contributed by atoms with van der Waals surface area (Å²) in [6, 6.07) is 15.1. The van der Waals surface area contributed by atoms with E-state index in [9.17, 15) is 14.4 Å². The SMILES string of the molecule is Cc1ccc(N2CC3(C(=O)OC(C)(C)OC3=O)C(C)(C)C23C(=O)Nc2ccccc23)cc1. The molecule has 3 aliphatic heterocycles. The number of carbonyl (C=O) groups excluding carboxylic acids is 3. The van der Waals surface area contributed by atoms with E-state index >= 15 is 0 Å². The Morgan fingerprint density at radius 2 is 1.47 bits per heavy atom. The summed E-state index contributed by atoms with van der Waals surface area (Å²) in [5.41, 5.74) is -1.04. The number of hydrogen-bond acceptors (Lipinski definition) is 6. The number of para-hydroxylation sites is 1. The molecule has 2 spiro atoms. The lowest BCUT2D eigenvalue weighted by molar-refractivity contribution is -0.257. The second-order valence-electron chi connectivity index (χ2n) is 9.84. The van der Waals surface area contributed by atoms with E-state index in [1.165, 1.54) is 13.8 Å². The molecule has 1 unspecified atom stereocenters. The van der Waals surface area contributed by atoms with E-state index in [1.54, 1.807) is 13.8 Å². The van der Waals surface area contributed by atoms with Crippen LogP contribution in [0.3, 0.4) is 0 Å². The lowest BCUT2D eigenvalue weighted by Gasteiger charge is -2.48. The number of nitrogens with one attached hydrogen (secondary N) is 1. The number of nitrogens with zero attached hydrogens (tertiary/aromatic N) is 1. The van der Waals surface area contributed by atoms with Gasteiger partial charge in [-0.1, -0.05) is 49.7 Å². The lowest BCUT2D eigenvalue weighted by Crippen LogP contribution is -2.63. The maximum absolute atomic E-state index is 13.8. The summed E-state index contributed by atoms with van der Waals surface area (Å²) in [5, 5.41) is 2.98. The van der Waals surface area contributed by atoms with Gasteiger partial charge in [0, 0.05) is 42.7 Å². The van der Waals surface area contributed by atoms with Gasteiger partial charge in [-0.3, -0.25) is 14.4 Å². The number of ether oxygens (including phenoxy) is 2. The van der Waals surface area contributed by atoms with Crippen molar-refractivity contribution in [2.45, 2.75) is 45.9 Å². The van der Waals surface area contributed by atoms with Gasteiger partial charge < -0.3 is 19.7 Å². The molecule has 166 valence electrons. The fourth-order valence-electron chi connectivity index (χ4n) is 5.70. The molecule has 0 bridgehead atoms. The highest BCUT2D eigenvalue weighted by atomic mass is 16.7. The maximum atomic E-state index is 13.8. The van der Waals surface area contributed by atoms with E-state index in [1.807, 2.05) is 60.4 Å². The van der Waals surface area contributed by atoms with Crippen molar-refractivity contribution in [2.24, 2.45) is 10.8 Å². The molecule has 1 atom stereocenters. The molecule has 0 aliphatic carbocycles. The van der Waals surface area contributed by atoms with Crippen LogP contribution in [0.1, 0.15) is 38.8 Å². The zero-order chi connectivity index (χ0) is 23.1. The second-order valence-corrected chi connectivity index (χ2v) is 9.84. The Morgan fingerprint density at radius 3 is 2.09 bits per heavy atom. The molecule has 0 aromatic heterocycles. The quantitative estimate of drug-likeness (QED) is 0.546. The van der Waals surface area contributed by atoms with E-state index in [-0.39, 0.29) is 12.5 Å². The Labute approximate surface area is 186 Å². The first-order chi connectivity index (χ1) is 15.0.